The van der Waals surface area contributed by atoms with Crippen LogP contribution in [0.2, 0.25) is 5.02 Å². The Bertz CT molecular complexity index is 554. The molecule has 1 heterocycles. The molecular weight excluding hydrogens is 314 g/mol. The van der Waals surface area contributed by atoms with Crippen LogP contribution in [-0.4, -0.2) is 38.4 Å². The molecule has 1 N–H and O–H groups in total. The lowest BCUT2D eigenvalue weighted by Gasteiger charge is -2.32. The quantitative estimate of drug-likeness (QED) is 0.901. The highest BCUT2D eigenvalue weighted by Crippen LogP contribution is 2.24. The van der Waals surface area contributed by atoms with E-state index in [0.717, 1.165) is 12.1 Å². The van der Waals surface area contributed by atoms with Crippen molar-refractivity contribution in [3.63, 3.8) is 0 Å². The lowest BCUT2D eigenvalue weighted by molar-refractivity contribution is 0.283. The Morgan fingerprint density at radius 2 is 2.16 bits per heavy atom. The van der Waals surface area contributed by atoms with E-state index in [-0.39, 0.29) is 28.4 Å². The summed E-state index contributed by atoms with van der Waals surface area (Å²) in [5.74, 6) is -0.773. The minimum Gasteiger partial charge on any atom is -0.314 e. The molecule has 8 heteroatoms. The molecule has 1 aromatic carbocycles. The monoisotopic (exact) mass is 328 g/mol. The number of hydrogen-bond acceptors (Lipinski definition) is 3. The number of rotatable bonds is 2. The van der Waals surface area contributed by atoms with Crippen LogP contribution in [0, 0.1) is 5.82 Å². The van der Waals surface area contributed by atoms with E-state index in [9.17, 15) is 12.8 Å². The van der Waals surface area contributed by atoms with Gasteiger partial charge in [0.1, 0.15) is 10.7 Å². The largest absolute Gasteiger partial charge is 0.314 e. The first-order valence-electron chi connectivity index (χ1n) is 5.60. The van der Waals surface area contributed by atoms with Crippen molar-refractivity contribution in [3.05, 3.63) is 29.0 Å². The third kappa shape index (κ3) is 3.38. The van der Waals surface area contributed by atoms with Gasteiger partial charge < -0.3 is 5.32 Å². The van der Waals surface area contributed by atoms with Crippen molar-refractivity contribution in [3.8, 4) is 0 Å². The maximum absolute atomic E-state index is 13.7. The molecule has 0 unspecified atom stereocenters. The van der Waals surface area contributed by atoms with E-state index < -0.39 is 15.8 Å². The molecule has 0 amide bonds. The molecule has 108 valence electrons. The Balaban J connectivity index is 0.00000180. The second-order valence-electron chi connectivity index (χ2n) is 4.24. The number of benzene rings is 1. The second-order valence-corrected chi connectivity index (χ2v) is 6.54. The first-order chi connectivity index (χ1) is 8.43. The predicted molar refractivity (Wildman–Crippen MR) is 74.9 cm³/mol. The first kappa shape index (κ1) is 16.7. The summed E-state index contributed by atoms with van der Waals surface area (Å²) in [6, 6.07) is 3.35. The van der Waals surface area contributed by atoms with Gasteiger partial charge in [-0.15, -0.1) is 12.4 Å². The molecule has 0 saturated carbocycles. The van der Waals surface area contributed by atoms with Crippen LogP contribution in [0.15, 0.2) is 23.1 Å². The van der Waals surface area contributed by atoms with Gasteiger partial charge in [-0.1, -0.05) is 11.6 Å². The Labute approximate surface area is 123 Å². The predicted octanol–water partition coefficient (Wildman–Crippen LogP) is 1.88. The van der Waals surface area contributed by atoms with E-state index in [2.05, 4.69) is 5.32 Å². The standard InChI is InChI=1S/C11H14ClFN2O2S.ClH/c1-8-7-14-4-5-15(8)18(16,17)11-6-9(12)2-3-10(11)13;/h2-3,6,8,14H,4-5,7H2,1H3;1H/t8-;/m1./s1. The highest BCUT2D eigenvalue weighted by atomic mass is 35.5. The maximum Gasteiger partial charge on any atom is 0.246 e. The molecule has 0 spiro atoms. The van der Waals surface area contributed by atoms with Crippen LogP contribution in [0.25, 0.3) is 0 Å². The zero-order valence-corrected chi connectivity index (χ0v) is 12.7. The van der Waals surface area contributed by atoms with Crippen LogP contribution in [0.5, 0.6) is 0 Å². The minimum absolute atomic E-state index is 0. The third-order valence-corrected chi connectivity index (χ3v) is 5.18. The Hall–Kier alpha value is -0.400. The molecule has 1 aromatic rings. The lowest BCUT2D eigenvalue weighted by Crippen LogP contribution is -2.52. The van der Waals surface area contributed by atoms with Crippen molar-refractivity contribution in [2.75, 3.05) is 19.6 Å². The molecule has 0 aromatic heterocycles. The van der Waals surface area contributed by atoms with Gasteiger partial charge in [0.2, 0.25) is 10.0 Å². The van der Waals surface area contributed by atoms with Gasteiger partial charge in [0, 0.05) is 30.7 Å². The average Bonchev–Trinajstić information content (AvgIpc) is 2.32. The molecule has 2 rings (SSSR count). The van der Waals surface area contributed by atoms with Gasteiger partial charge in [-0.25, -0.2) is 12.8 Å². The molecule has 1 saturated heterocycles. The van der Waals surface area contributed by atoms with Gasteiger partial charge in [-0.2, -0.15) is 4.31 Å². The fourth-order valence-electron chi connectivity index (χ4n) is 1.98. The lowest BCUT2D eigenvalue weighted by atomic mass is 10.3. The van der Waals surface area contributed by atoms with E-state index in [1.807, 2.05) is 0 Å². The van der Waals surface area contributed by atoms with Crippen LogP contribution in [0.1, 0.15) is 6.92 Å². The SMILES string of the molecule is C[C@@H]1CNCCN1S(=O)(=O)c1cc(Cl)ccc1F.Cl. The van der Waals surface area contributed by atoms with Crippen molar-refractivity contribution in [1.29, 1.82) is 0 Å². The maximum atomic E-state index is 13.7. The number of nitrogens with one attached hydrogen (secondary N) is 1. The van der Waals surface area contributed by atoms with Crippen LogP contribution in [-0.2, 0) is 10.0 Å². The summed E-state index contributed by atoms with van der Waals surface area (Å²) in [6.07, 6.45) is 0. The molecule has 0 bridgehead atoms. The first-order valence-corrected chi connectivity index (χ1v) is 7.42. The molecule has 1 aliphatic rings. The van der Waals surface area contributed by atoms with Gasteiger partial charge in [0.15, 0.2) is 0 Å². The summed E-state index contributed by atoms with van der Waals surface area (Å²) in [5, 5.41) is 3.29. The highest BCUT2D eigenvalue weighted by Gasteiger charge is 2.32. The molecule has 19 heavy (non-hydrogen) atoms. The van der Waals surface area contributed by atoms with Crippen molar-refractivity contribution in [1.82, 2.24) is 9.62 Å². The summed E-state index contributed by atoms with van der Waals surface area (Å²) in [5.41, 5.74) is 0. The summed E-state index contributed by atoms with van der Waals surface area (Å²) in [4.78, 5) is -0.358. The van der Waals surface area contributed by atoms with Gasteiger partial charge in [0.25, 0.3) is 0 Å². The van der Waals surface area contributed by atoms with Crippen LogP contribution in [0.4, 0.5) is 4.39 Å². The molecular formula is C11H15Cl2FN2O2S. The van der Waals surface area contributed by atoms with Crippen LogP contribution >= 0.6 is 24.0 Å². The molecule has 0 radical (unpaired) electrons. The van der Waals surface area contributed by atoms with E-state index in [1.54, 1.807) is 6.92 Å². The Morgan fingerprint density at radius 3 is 2.79 bits per heavy atom. The summed E-state index contributed by atoms with van der Waals surface area (Å²) < 4.78 is 39.7. The fourth-order valence-corrected chi connectivity index (χ4v) is 3.94. The van der Waals surface area contributed by atoms with E-state index >= 15 is 0 Å². The topological polar surface area (TPSA) is 49.4 Å². The highest BCUT2D eigenvalue weighted by molar-refractivity contribution is 7.89. The van der Waals surface area contributed by atoms with Crippen molar-refractivity contribution in [2.45, 2.75) is 17.9 Å². The van der Waals surface area contributed by atoms with Crippen LogP contribution in [0.3, 0.4) is 0 Å². The number of nitrogens with zero attached hydrogens (tertiary/aromatic N) is 1. The number of sulfonamides is 1. The number of halogens is 3. The van der Waals surface area contributed by atoms with Crippen molar-refractivity contribution in [2.24, 2.45) is 0 Å². The van der Waals surface area contributed by atoms with Crippen LogP contribution < -0.4 is 5.32 Å². The second kappa shape index (κ2) is 6.37. The smallest absolute Gasteiger partial charge is 0.246 e. The van der Waals surface area contributed by atoms with Gasteiger partial charge in [-0.05, 0) is 25.1 Å². The molecule has 1 aliphatic heterocycles. The zero-order valence-electron chi connectivity index (χ0n) is 10.3. The minimum atomic E-state index is -3.83. The summed E-state index contributed by atoms with van der Waals surface area (Å²) in [6.45, 7) is 3.23. The molecule has 1 fully saturated rings. The third-order valence-electron chi connectivity index (χ3n) is 2.92. The summed E-state index contributed by atoms with van der Waals surface area (Å²) >= 11 is 5.74. The van der Waals surface area contributed by atoms with Gasteiger partial charge >= 0.3 is 0 Å². The number of hydrogen-bond donors (Lipinski definition) is 1. The average molecular weight is 329 g/mol. The number of piperazine rings is 1. The van der Waals surface area contributed by atoms with Crippen molar-refractivity contribution < 1.29 is 12.8 Å². The molecule has 0 aliphatic carbocycles. The molecule has 1 atom stereocenters. The van der Waals surface area contributed by atoms with Gasteiger partial charge in [0.05, 0.1) is 0 Å². The summed E-state index contributed by atoms with van der Waals surface area (Å²) in [7, 11) is -3.83. The van der Waals surface area contributed by atoms with Gasteiger partial charge in [-0.3, -0.25) is 0 Å². The Kier molecular flexibility index (Phi) is 5.58. The molecule has 4 nitrogen and oxygen atoms in total. The van der Waals surface area contributed by atoms with Crippen molar-refractivity contribution >= 4 is 34.0 Å². The van der Waals surface area contributed by atoms with E-state index in [1.165, 1.54) is 10.4 Å². The van der Waals surface area contributed by atoms with E-state index in [4.69, 9.17) is 11.6 Å². The Morgan fingerprint density at radius 1 is 1.47 bits per heavy atom. The zero-order chi connectivity index (χ0) is 13.3. The normalized spacial score (nSPS) is 20.9. The van der Waals surface area contributed by atoms with E-state index in [0.29, 0.717) is 19.6 Å². The fraction of sp³-hybridized carbons (Fsp3) is 0.455.